The normalized spacial score (nSPS) is 11.7. The molecule has 0 saturated carbocycles. The van der Waals surface area contributed by atoms with Crippen molar-refractivity contribution in [1.82, 2.24) is 5.32 Å². The van der Waals surface area contributed by atoms with Gasteiger partial charge in [0.25, 0.3) is 0 Å². The average molecular weight is 267 g/mol. The molecule has 0 saturated heterocycles. The molecule has 0 spiro atoms. The number of ether oxygens (including phenoxy) is 1. The van der Waals surface area contributed by atoms with Crippen molar-refractivity contribution in [2.24, 2.45) is 0 Å². The van der Waals surface area contributed by atoms with Gasteiger partial charge in [0.2, 0.25) is 5.91 Å². The largest absolute Gasteiger partial charge is 0.504 e. The predicted molar refractivity (Wildman–Crippen MR) is 67.7 cm³/mol. The van der Waals surface area contributed by atoms with E-state index in [1.807, 2.05) is 0 Å². The van der Waals surface area contributed by atoms with Gasteiger partial charge in [0.15, 0.2) is 11.5 Å². The molecule has 6 heteroatoms. The van der Waals surface area contributed by atoms with Crippen LogP contribution in [0.4, 0.5) is 0 Å². The lowest BCUT2D eigenvalue weighted by molar-refractivity contribution is -0.147. The highest BCUT2D eigenvalue weighted by Gasteiger charge is 2.21. The minimum Gasteiger partial charge on any atom is -0.504 e. The summed E-state index contributed by atoms with van der Waals surface area (Å²) in [5.41, 5.74) is 0.599. The Labute approximate surface area is 111 Å². The van der Waals surface area contributed by atoms with E-state index in [0.29, 0.717) is 5.56 Å². The third kappa shape index (κ3) is 4.50. The molecule has 6 nitrogen and oxygen atoms in total. The highest BCUT2D eigenvalue weighted by Crippen LogP contribution is 2.25. The van der Waals surface area contributed by atoms with Crippen molar-refractivity contribution in [3.8, 4) is 11.5 Å². The molecule has 1 amide bonds. The third-order valence-electron chi connectivity index (χ3n) is 2.43. The third-order valence-corrected chi connectivity index (χ3v) is 2.43. The Bertz CT molecular complexity index is 472. The summed E-state index contributed by atoms with van der Waals surface area (Å²) in [5, 5.41) is 21.1. The molecule has 19 heavy (non-hydrogen) atoms. The van der Waals surface area contributed by atoms with E-state index in [4.69, 9.17) is 4.74 Å². The van der Waals surface area contributed by atoms with Crippen LogP contribution in [0.5, 0.6) is 11.5 Å². The van der Waals surface area contributed by atoms with Crippen molar-refractivity contribution < 1.29 is 24.5 Å². The Kier molecular flexibility index (Phi) is 5.17. The van der Waals surface area contributed by atoms with Gasteiger partial charge in [-0.15, -0.1) is 0 Å². The standard InChI is InChI=1S/C13H17NO5/c1-3-19-13(18)10(14-8(2)15)6-9-4-5-11(16)12(17)7-9/h4-5,7,10,16-17H,3,6H2,1-2H3,(H,14,15). The van der Waals surface area contributed by atoms with E-state index in [1.165, 1.54) is 19.1 Å². The van der Waals surface area contributed by atoms with Gasteiger partial charge in [0.1, 0.15) is 6.04 Å². The van der Waals surface area contributed by atoms with Crippen LogP contribution in [0.3, 0.4) is 0 Å². The number of nitrogens with one attached hydrogen (secondary N) is 1. The van der Waals surface area contributed by atoms with E-state index < -0.39 is 12.0 Å². The molecule has 0 radical (unpaired) electrons. The Morgan fingerprint density at radius 2 is 2.00 bits per heavy atom. The summed E-state index contributed by atoms with van der Waals surface area (Å²) in [6, 6.07) is 3.40. The maximum absolute atomic E-state index is 11.7. The van der Waals surface area contributed by atoms with Crippen molar-refractivity contribution in [3.63, 3.8) is 0 Å². The zero-order valence-corrected chi connectivity index (χ0v) is 10.8. The molecular weight excluding hydrogens is 250 g/mol. The molecule has 0 aliphatic heterocycles. The molecule has 0 aliphatic carbocycles. The Hall–Kier alpha value is -2.24. The Morgan fingerprint density at radius 3 is 2.53 bits per heavy atom. The van der Waals surface area contributed by atoms with Crippen LogP contribution in [0.25, 0.3) is 0 Å². The molecule has 0 aliphatic rings. The SMILES string of the molecule is CCOC(=O)C(Cc1ccc(O)c(O)c1)NC(C)=O. The molecule has 1 aromatic rings. The fraction of sp³-hybridized carbons (Fsp3) is 0.385. The number of benzene rings is 1. The highest BCUT2D eigenvalue weighted by atomic mass is 16.5. The van der Waals surface area contributed by atoms with Gasteiger partial charge in [-0.25, -0.2) is 4.79 Å². The number of phenolic OH excluding ortho intramolecular Hbond substituents is 2. The van der Waals surface area contributed by atoms with Gasteiger partial charge in [0, 0.05) is 13.3 Å². The minimum atomic E-state index is -0.818. The number of amides is 1. The summed E-state index contributed by atoms with van der Waals surface area (Å²) in [5.74, 6) is -1.40. The van der Waals surface area contributed by atoms with Crippen molar-refractivity contribution in [2.75, 3.05) is 6.61 Å². The molecule has 1 aromatic carbocycles. The lowest BCUT2D eigenvalue weighted by Gasteiger charge is -2.16. The van der Waals surface area contributed by atoms with Crippen molar-refractivity contribution in [1.29, 1.82) is 0 Å². The smallest absolute Gasteiger partial charge is 0.328 e. The monoisotopic (exact) mass is 267 g/mol. The first-order chi connectivity index (χ1) is 8.93. The summed E-state index contributed by atoms with van der Waals surface area (Å²) in [6.45, 7) is 3.20. The lowest BCUT2D eigenvalue weighted by atomic mass is 10.1. The quantitative estimate of drug-likeness (QED) is 0.539. The number of carbonyl (C=O) groups excluding carboxylic acids is 2. The average Bonchev–Trinajstić information content (AvgIpc) is 2.33. The molecule has 1 atom stereocenters. The highest BCUT2D eigenvalue weighted by molar-refractivity contribution is 5.83. The number of aromatic hydroxyl groups is 2. The van der Waals surface area contributed by atoms with Gasteiger partial charge in [-0.3, -0.25) is 4.79 Å². The molecule has 3 N–H and O–H groups in total. The van der Waals surface area contributed by atoms with Crippen LogP contribution in [0.15, 0.2) is 18.2 Å². The molecule has 0 bridgehead atoms. The van der Waals surface area contributed by atoms with Gasteiger partial charge < -0.3 is 20.3 Å². The first-order valence-corrected chi connectivity index (χ1v) is 5.88. The second-order valence-corrected chi connectivity index (χ2v) is 4.03. The number of phenols is 2. The summed E-state index contributed by atoms with van der Waals surface area (Å²) in [6.07, 6.45) is 0.173. The van der Waals surface area contributed by atoms with E-state index in [9.17, 15) is 19.8 Å². The van der Waals surface area contributed by atoms with Crippen LogP contribution >= 0.6 is 0 Å². The second kappa shape index (κ2) is 6.63. The van der Waals surface area contributed by atoms with E-state index >= 15 is 0 Å². The zero-order valence-electron chi connectivity index (χ0n) is 10.8. The number of carbonyl (C=O) groups is 2. The van der Waals surface area contributed by atoms with Gasteiger partial charge >= 0.3 is 5.97 Å². The molecule has 0 heterocycles. The van der Waals surface area contributed by atoms with Crippen LogP contribution in [0.2, 0.25) is 0 Å². The van der Waals surface area contributed by atoms with Crippen LogP contribution in [0.1, 0.15) is 19.4 Å². The molecule has 1 rings (SSSR count). The molecule has 104 valence electrons. The van der Waals surface area contributed by atoms with Crippen LogP contribution in [0, 0.1) is 0 Å². The molecule has 0 aromatic heterocycles. The summed E-state index contributed by atoms with van der Waals surface area (Å²) >= 11 is 0. The first-order valence-electron chi connectivity index (χ1n) is 5.88. The summed E-state index contributed by atoms with van der Waals surface area (Å²) in [7, 11) is 0. The van der Waals surface area contributed by atoms with E-state index in [0.717, 1.165) is 0 Å². The second-order valence-electron chi connectivity index (χ2n) is 4.03. The lowest BCUT2D eigenvalue weighted by Crippen LogP contribution is -2.42. The van der Waals surface area contributed by atoms with Gasteiger partial charge in [-0.1, -0.05) is 6.07 Å². The van der Waals surface area contributed by atoms with Crippen molar-refractivity contribution in [2.45, 2.75) is 26.3 Å². The van der Waals surface area contributed by atoms with E-state index in [-0.39, 0.29) is 30.4 Å². The number of hydrogen-bond donors (Lipinski definition) is 3. The van der Waals surface area contributed by atoms with Gasteiger partial charge in [0.05, 0.1) is 6.61 Å². The zero-order chi connectivity index (χ0) is 14.4. The minimum absolute atomic E-state index is 0.173. The van der Waals surface area contributed by atoms with Gasteiger partial charge in [-0.05, 0) is 24.6 Å². The Balaban J connectivity index is 2.83. The maximum Gasteiger partial charge on any atom is 0.328 e. The van der Waals surface area contributed by atoms with E-state index in [1.54, 1.807) is 13.0 Å². The number of rotatable bonds is 5. The van der Waals surface area contributed by atoms with E-state index in [2.05, 4.69) is 5.32 Å². The van der Waals surface area contributed by atoms with Crippen LogP contribution < -0.4 is 5.32 Å². The fourth-order valence-corrected chi connectivity index (χ4v) is 1.61. The number of esters is 1. The Morgan fingerprint density at radius 1 is 1.32 bits per heavy atom. The van der Waals surface area contributed by atoms with Gasteiger partial charge in [-0.2, -0.15) is 0 Å². The van der Waals surface area contributed by atoms with Crippen molar-refractivity contribution in [3.05, 3.63) is 23.8 Å². The fourth-order valence-electron chi connectivity index (χ4n) is 1.61. The number of hydrogen-bond acceptors (Lipinski definition) is 5. The van der Waals surface area contributed by atoms with Crippen LogP contribution in [-0.4, -0.2) is 34.7 Å². The molecular formula is C13H17NO5. The maximum atomic E-state index is 11.7. The molecule has 0 fully saturated rings. The molecule has 1 unspecified atom stereocenters. The summed E-state index contributed by atoms with van der Waals surface area (Å²) < 4.78 is 4.87. The van der Waals surface area contributed by atoms with Crippen LogP contribution in [-0.2, 0) is 20.7 Å². The first kappa shape index (κ1) is 14.8. The summed E-state index contributed by atoms with van der Waals surface area (Å²) in [4.78, 5) is 22.8. The topological polar surface area (TPSA) is 95.9 Å². The predicted octanol–water partition coefficient (Wildman–Crippen LogP) is 0.708. The van der Waals surface area contributed by atoms with Crippen molar-refractivity contribution >= 4 is 11.9 Å².